The lowest BCUT2D eigenvalue weighted by atomic mass is 9.77. The molecule has 2 aliphatic rings. The fraction of sp³-hybridized carbons (Fsp3) is 0.345. The monoisotopic (exact) mass is 475 g/mol. The van der Waals surface area contributed by atoms with Crippen molar-refractivity contribution < 1.29 is 14.6 Å². The highest BCUT2D eigenvalue weighted by Crippen LogP contribution is 2.49. The minimum Gasteiger partial charge on any atom is -0.488 e. The van der Waals surface area contributed by atoms with Crippen LogP contribution in [0, 0.1) is 0 Å². The maximum Gasteiger partial charge on any atom is 0.303 e. The average molecular weight is 476 g/mol. The Morgan fingerprint density at radius 1 is 1.09 bits per heavy atom. The summed E-state index contributed by atoms with van der Waals surface area (Å²) >= 11 is 6.48. The summed E-state index contributed by atoms with van der Waals surface area (Å²) in [4.78, 5) is 13.4. The van der Waals surface area contributed by atoms with E-state index in [1.54, 1.807) is 0 Å². The first-order valence-corrected chi connectivity index (χ1v) is 12.2. The lowest BCUT2D eigenvalue weighted by molar-refractivity contribution is -0.136. The van der Waals surface area contributed by atoms with Crippen molar-refractivity contribution in [2.75, 3.05) is 11.4 Å². The molecule has 0 unspecified atom stereocenters. The van der Waals surface area contributed by atoms with Gasteiger partial charge in [-0.15, -0.1) is 0 Å². The first-order valence-electron chi connectivity index (χ1n) is 11.9. The molecule has 1 N–H and O–H groups in total. The minimum absolute atomic E-state index is 0.126. The van der Waals surface area contributed by atoms with Gasteiger partial charge in [0.15, 0.2) is 0 Å². The number of carbonyl (C=O) groups is 1. The van der Waals surface area contributed by atoms with E-state index >= 15 is 0 Å². The first-order chi connectivity index (χ1) is 16.1. The molecule has 1 atom stereocenters. The molecule has 3 aromatic rings. The molecule has 3 aromatic carbocycles. The molecular formula is C29H30ClNO3. The fourth-order valence-corrected chi connectivity index (χ4v) is 5.45. The molecular weight excluding hydrogens is 446 g/mol. The van der Waals surface area contributed by atoms with Gasteiger partial charge >= 0.3 is 5.97 Å². The molecule has 0 aromatic heterocycles. The highest BCUT2D eigenvalue weighted by Gasteiger charge is 2.42. The number of fused-ring (bicyclic) bond motifs is 2. The van der Waals surface area contributed by atoms with Crippen molar-refractivity contribution in [3.8, 4) is 5.75 Å². The third kappa shape index (κ3) is 4.16. The number of nitrogens with zero attached hydrogens (tertiary/aromatic N) is 1. The second-order valence-electron chi connectivity index (χ2n) is 10.3. The van der Waals surface area contributed by atoms with E-state index in [-0.39, 0.29) is 17.4 Å². The van der Waals surface area contributed by atoms with Crippen molar-refractivity contribution in [2.24, 2.45) is 0 Å². The Hall–Kier alpha value is -2.98. The average Bonchev–Trinajstić information content (AvgIpc) is 3.10. The molecule has 0 amide bonds. The lowest BCUT2D eigenvalue weighted by Crippen LogP contribution is -2.33. The summed E-state index contributed by atoms with van der Waals surface area (Å²) < 4.78 is 6.23. The van der Waals surface area contributed by atoms with Crippen LogP contribution in [-0.4, -0.2) is 23.2 Å². The summed E-state index contributed by atoms with van der Waals surface area (Å²) in [5.74, 6) is 0.204. The Balaban J connectivity index is 1.54. The quantitative estimate of drug-likeness (QED) is 0.435. The van der Waals surface area contributed by atoms with Crippen LogP contribution in [0.3, 0.4) is 0 Å². The standard InChI is InChI=1S/C29H30ClNO3/c1-28(2)14-13-20-16-21(8-11-26(20)34-28)29(3)18-31(25-10-9-22(30)17-24(25)29)23-6-4-5-19(15-23)7-12-27(32)33/h4-6,8-11,15-17H,7,12-14,18H2,1-3H3,(H,32,33)/t29-/m0/s1. The highest BCUT2D eigenvalue weighted by molar-refractivity contribution is 6.30. The van der Waals surface area contributed by atoms with Crippen LogP contribution in [0.4, 0.5) is 11.4 Å². The van der Waals surface area contributed by atoms with Gasteiger partial charge in [-0.3, -0.25) is 4.79 Å². The summed E-state index contributed by atoms with van der Waals surface area (Å²) in [6.07, 6.45) is 2.64. The van der Waals surface area contributed by atoms with Gasteiger partial charge in [-0.05, 0) is 98.7 Å². The molecule has 5 heteroatoms. The molecule has 0 spiro atoms. The second-order valence-corrected chi connectivity index (χ2v) is 10.8. The molecule has 5 rings (SSSR count). The van der Waals surface area contributed by atoms with Gasteiger partial charge in [0, 0.05) is 34.8 Å². The van der Waals surface area contributed by atoms with Crippen molar-refractivity contribution >= 4 is 28.9 Å². The Kier molecular flexibility index (Phi) is 5.60. The van der Waals surface area contributed by atoms with Crippen molar-refractivity contribution in [3.63, 3.8) is 0 Å². The van der Waals surface area contributed by atoms with E-state index in [0.717, 1.165) is 47.1 Å². The number of benzene rings is 3. The number of anilines is 2. The SMILES string of the molecule is CC1(C)CCc2cc([C@]3(C)CN(c4cccc(CCC(=O)O)c4)c4ccc(Cl)cc43)ccc2O1. The topological polar surface area (TPSA) is 49.8 Å². The Morgan fingerprint density at radius 2 is 1.91 bits per heavy atom. The number of carboxylic acids is 1. The van der Waals surface area contributed by atoms with Crippen LogP contribution >= 0.6 is 11.6 Å². The van der Waals surface area contributed by atoms with E-state index in [9.17, 15) is 4.79 Å². The van der Waals surface area contributed by atoms with Crippen LogP contribution in [0.15, 0.2) is 60.7 Å². The van der Waals surface area contributed by atoms with Crippen LogP contribution < -0.4 is 9.64 Å². The summed E-state index contributed by atoms with van der Waals surface area (Å²) in [6, 6.07) is 20.9. The first kappa shape index (κ1) is 22.8. The van der Waals surface area contributed by atoms with Gasteiger partial charge < -0.3 is 14.7 Å². The van der Waals surface area contributed by atoms with Crippen LogP contribution in [-0.2, 0) is 23.1 Å². The molecule has 0 saturated carbocycles. The predicted molar refractivity (Wildman–Crippen MR) is 137 cm³/mol. The summed E-state index contributed by atoms with van der Waals surface area (Å²) in [6.45, 7) is 7.34. The largest absolute Gasteiger partial charge is 0.488 e. The van der Waals surface area contributed by atoms with E-state index in [4.69, 9.17) is 21.4 Å². The zero-order valence-electron chi connectivity index (χ0n) is 19.9. The molecule has 0 radical (unpaired) electrons. The molecule has 0 saturated heterocycles. The number of halogens is 1. The van der Waals surface area contributed by atoms with Gasteiger partial charge in [0.2, 0.25) is 0 Å². The van der Waals surface area contributed by atoms with Gasteiger partial charge in [-0.2, -0.15) is 0 Å². The third-order valence-corrected chi connectivity index (χ3v) is 7.48. The van der Waals surface area contributed by atoms with E-state index in [1.807, 2.05) is 18.2 Å². The predicted octanol–water partition coefficient (Wildman–Crippen LogP) is 6.92. The Bertz CT molecular complexity index is 1270. The van der Waals surface area contributed by atoms with E-state index < -0.39 is 5.97 Å². The van der Waals surface area contributed by atoms with Crippen molar-refractivity contribution in [1.29, 1.82) is 0 Å². The van der Waals surface area contributed by atoms with Crippen LogP contribution in [0.25, 0.3) is 0 Å². The maximum atomic E-state index is 11.1. The number of carboxylic acid groups (broad SMARTS) is 1. The molecule has 34 heavy (non-hydrogen) atoms. The minimum atomic E-state index is -0.779. The van der Waals surface area contributed by atoms with Crippen molar-refractivity contribution in [1.82, 2.24) is 0 Å². The molecule has 0 fully saturated rings. The van der Waals surface area contributed by atoms with Gasteiger partial charge in [0.1, 0.15) is 11.4 Å². The van der Waals surface area contributed by atoms with Gasteiger partial charge in [0.25, 0.3) is 0 Å². The lowest BCUT2D eigenvalue weighted by Gasteiger charge is -2.34. The highest BCUT2D eigenvalue weighted by atomic mass is 35.5. The number of rotatable bonds is 5. The molecule has 2 heterocycles. The van der Waals surface area contributed by atoms with Gasteiger partial charge in [-0.1, -0.05) is 35.9 Å². The summed E-state index contributed by atoms with van der Waals surface area (Å²) in [5, 5.41) is 9.81. The summed E-state index contributed by atoms with van der Waals surface area (Å²) in [7, 11) is 0. The number of aryl methyl sites for hydroxylation is 2. The molecule has 2 aliphatic heterocycles. The van der Waals surface area contributed by atoms with E-state index in [0.29, 0.717) is 6.42 Å². The van der Waals surface area contributed by atoms with E-state index in [1.165, 1.54) is 16.7 Å². The van der Waals surface area contributed by atoms with Gasteiger partial charge in [0.05, 0.1) is 0 Å². The number of aliphatic carboxylic acids is 1. The number of ether oxygens (including phenoxy) is 1. The van der Waals surface area contributed by atoms with Gasteiger partial charge in [-0.25, -0.2) is 0 Å². The molecule has 0 bridgehead atoms. The van der Waals surface area contributed by atoms with Crippen molar-refractivity contribution in [3.05, 3.63) is 87.9 Å². The van der Waals surface area contributed by atoms with E-state index in [2.05, 4.69) is 68.1 Å². The number of hydrogen-bond acceptors (Lipinski definition) is 3. The Labute approximate surface area is 206 Å². The Morgan fingerprint density at radius 3 is 2.71 bits per heavy atom. The summed E-state index contributed by atoms with van der Waals surface area (Å²) in [5.41, 5.74) is 6.56. The normalized spacial score (nSPS) is 20.4. The second kappa shape index (κ2) is 8.35. The smallest absolute Gasteiger partial charge is 0.303 e. The van der Waals surface area contributed by atoms with Crippen molar-refractivity contribution in [2.45, 2.75) is 57.5 Å². The fourth-order valence-electron chi connectivity index (χ4n) is 5.28. The zero-order chi connectivity index (χ0) is 24.1. The number of hydrogen-bond donors (Lipinski definition) is 1. The maximum absolute atomic E-state index is 11.1. The third-order valence-electron chi connectivity index (χ3n) is 7.25. The zero-order valence-corrected chi connectivity index (χ0v) is 20.7. The molecule has 176 valence electrons. The molecule has 0 aliphatic carbocycles. The molecule has 4 nitrogen and oxygen atoms in total. The van der Waals surface area contributed by atoms with Crippen LogP contribution in [0.5, 0.6) is 5.75 Å². The van der Waals surface area contributed by atoms with Crippen LogP contribution in [0.1, 0.15) is 55.9 Å². The van der Waals surface area contributed by atoms with Crippen LogP contribution in [0.2, 0.25) is 5.02 Å².